The van der Waals surface area contributed by atoms with Crippen molar-refractivity contribution in [2.24, 2.45) is 5.92 Å². The smallest absolute Gasteiger partial charge is 0.264 e. The van der Waals surface area contributed by atoms with Gasteiger partial charge in [0.2, 0.25) is 5.95 Å². The standard InChI is InChI=1S/C29H35N5O3S/c1-20(2)15-22-9-12-26(38(35,36)33-28-31-17-24(37-6)18-32-28)25(16-22)23-10-7-21(8-11-23)19-34-14-13-30-27(34)29(3,4)5/h7-14,16-18,20H,15,19H2,1-6H3,(H,31,32,33). The number of sulfonamides is 1. The number of ether oxygens (including phenoxy) is 1. The van der Waals surface area contributed by atoms with Gasteiger partial charge in [-0.3, -0.25) is 0 Å². The molecule has 0 amide bonds. The Bertz CT molecular complexity index is 1490. The largest absolute Gasteiger partial charge is 0.494 e. The Balaban J connectivity index is 1.68. The lowest BCUT2D eigenvalue weighted by molar-refractivity contribution is 0.411. The average Bonchev–Trinajstić information content (AvgIpc) is 3.33. The van der Waals surface area contributed by atoms with Crippen molar-refractivity contribution in [2.45, 2.75) is 57.9 Å². The van der Waals surface area contributed by atoms with Gasteiger partial charge < -0.3 is 9.30 Å². The molecule has 9 heteroatoms. The van der Waals surface area contributed by atoms with Crippen LogP contribution in [-0.4, -0.2) is 35.0 Å². The van der Waals surface area contributed by atoms with Crippen molar-refractivity contribution in [1.82, 2.24) is 19.5 Å². The molecule has 2 aromatic heterocycles. The third-order valence-electron chi connectivity index (χ3n) is 6.07. The molecule has 0 saturated carbocycles. The summed E-state index contributed by atoms with van der Waals surface area (Å²) in [6, 6.07) is 13.5. The fraction of sp³-hybridized carbons (Fsp3) is 0.345. The second kappa shape index (κ2) is 10.9. The van der Waals surface area contributed by atoms with E-state index in [4.69, 9.17) is 4.74 Å². The molecule has 8 nitrogen and oxygen atoms in total. The van der Waals surface area contributed by atoms with E-state index in [2.05, 4.69) is 58.9 Å². The number of aromatic nitrogens is 4. The number of hydrogen-bond donors (Lipinski definition) is 1. The lowest BCUT2D eigenvalue weighted by atomic mass is 9.95. The van der Waals surface area contributed by atoms with Gasteiger partial charge in [-0.15, -0.1) is 0 Å². The lowest BCUT2D eigenvalue weighted by Gasteiger charge is -2.20. The molecule has 0 spiro atoms. The number of imidazole rings is 1. The summed E-state index contributed by atoms with van der Waals surface area (Å²) in [4.78, 5) is 12.8. The van der Waals surface area contributed by atoms with Crippen LogP contribution in [0.25, 0.3) is 11.1 Å². The molecule has 0 aliphatic heterocycles. The molecule has 0 aliphatic rings. The Morgan fingerprint density at radius 1 is 0.974 bits per heavy atom. The third-order valence-corrected chi connectivity index (χ3v) is 7.46. The number of anilines is 1. The van der Waals surface area contributed by atoms with E-state index in [-0.39, 0.29) is 16.3 Å². The van der Waals surface area contributed by atoms with Gasteiger partial charge in [0.1, 0.15) is 5.82 Å². The molecular weight excluding hydrogens is 498 g/mol. The summed E-state index contributed by atoms with van der Waals surface area (Å²) < 4.78 is 36.6. The van der Waals surface area contributed by atoms with Crippen LogP contribution in [0.5, 0.6) is 5.75 Å². The highest BCUT2D eigenvalue weighted by Crippen LogP contribution is 2.31. The van der Waals surface area contributed by atoms with Crippen molar-refractivity contribution >= 4 is 16.0 Å². The van der Waals surface area contributed by atoms with Crippen LogP contribution < -0.4 is 9.46 Å². The first-order chi connectivity index (χ1) is 18.0. The SMILES string of the molecule is COc1cnc(NS(=O)(=O)c2ccc(CC(C)C)cc2-c2ccc(Cn3ccnc3C(C)(C)C)cc2)nc1. The fourth-order valence-electron chi connectivity index (χ4n) is 4.35. The van der Waals surface area contributed by atoms with Crippen LogP contribution in [0.15, 0.2) is 72.1 Å². The number of hydrogen-bond acceptors (Lipinski definition) is 6. The van der Waals surface area contributed by atoms with E-state index >= 15 is 0 Å². The zero-order valence-electron chi connectivity index (χ0n) is 22.8. The molecule has 38 heavy (non-hydrogen) atoms. The van der Waals surface area contributed by atoms with Crippen molar-refractivity contribution in [3.63, 3.8) is 0 Å². The Morgan fingerprint density at radius 3 is 2.24 bits per heavy atom. The highest BCUT2D eigenvalue weighted by Gasteiger charge is 2.22. The molecule has 0 aliphatic carbocycles. The van der Waals surface area contributed by atoms with E-state index in [9.17, 15) is 8.42 Å². The highest BCUT2D eigenvalue weighted by molar-refractivity contribution is 7.92. The Labute approximate surface area is 225 Å². The molecule has 200 valence electrons. The summed E-state index contributed by atoms with van der Waals surface area (Å²) in [7, 11) is -2.46. The van der Waals surface area contributed by atoms with Gasteiger partial charge in [-0.25, -0.2) is 28.1 Å². The van der Waals surface area contributed by atoms with Crippen molar-refractivity contribution < 1.29 is 13.2 Å². The van der Waals surface area contributed by atoms with Gasteiger partial charge in [-0.05, 0) is 41.2 Å². The second-order valence-corrected chi connectivity index (χ2v) is 12.5. The summed E-state index contributed by atoms with van der Waals surface area (Å²) in [6.45, 7) is 11.4. The van der Waals surface area contributed by atoms with E-state index < -0.39 is 10.0 Å². The van der Waals surface area contributed by atoms with Crippen LogP contribution in [0.1, 0.15) is 51.6 Å². The molecule has 0 fully saturated rings. The molecule has 1 N–H and O–H groups in total. The average molecular weight is 534 g/mol. The second-order valence-electron chi connectivity index (χ2n) is 10.8. The van der Waals surface area contributed by atoms with Crippen LogP contribution >= 0.6 is 0 Å². The maximum Gasteiger partial charge on any atom is 0.264 e. The molecule has 0 bridgehead atoms. The first-order valence-corrected chi connectivity index (χ1v) is 14.1. The first-order valence-electron chi connectivity index (χ1n) is 12.6. The van der Waals surface area contributed by atoms with Gasteiger partial charge in [0, 0.05) is 29.9 Å². The van der Waals surface area contributed by atoms with Crippen LogP contribution in [-0.2, 0) is 28.4 Å². The van der Waals surface area contributed by atoms with Gasteiger partial charge in [-0.2, -0.15) is 0 Å². The molecular formula is C29H35N5O3S. The summed E-state index contributed by atoms with van der Waals surface area (Å²) >= 11 is 0. The Hall–Kier alpha value is -3.72. The van der Waals surface area contributed by atoms with Crippen LogP contribution in [0, 0.1) is 5.92 Å². The molecule has 2 heterocycles. The van der Waals surface area contributed by atoms with E-state index in [1.807, 2.05) is 48.8 Å². The summed E-state index contributed by atoms with van der Waals surface area (Å²) in [5, 5.41) is 0. The van der Waals surface area contributed by atoms with E-state index in [0.717, 1.165) is 28.9 Å². The van der Waals surface area contributed by atoms with Gasteiger partial charge in [-0.1, -0.05) is 65.0 Å². The highest BCUT2D eigenvalue weighted by atomic mass is 32.2. The zero-order chi connectivity index (χ0) is 27.5. The summed E-state index contributed by atoms with van der Waals surface area (Å²) in [6.07, 6.45) is 7.49. The number of rotatable bonds is 9. The molecule has 0 atom stereocenters. The molecule has 0 saturated heterocycles. The number of benzene rings is 2. The number of nitrogens with zero attached hydrogens (tertiary/aromatic N) is 4. The van der Waals surface area contributed by atoms with E-state index in [1.54, 1.807) is 6.07 Å². The number of nitrogens with one attached hydrogen (secondary N) is 1. The van der Waals surface area contributed by atoms with Crippen molar-refractivity contribution in [1.29, 1.82) is 0 Å². The third kappa shape index (κ3) is 6.39. The van der Waals surface area contributed by atoms with Crippen LogP contribution in [0.3, 0.4) is 0 Å². The molecule has 2 aromatic carbocycles. The number of methoxy groups -OCH3 is 1. The van der Waals surface area contributed by atoms with Gasteiger partial charge in [0.05, 0.1) is 24.4 Å². The zero-order valence-corrected chi connectivity index (χ0v) is 23.6. The lowest BCUT2D eigenvalue weighted by Crippen LogP contribution is -2.19. The maximum atomic E-state index is 13.5. The van der Waals surface area contributed by atoms with Crippen molar-refractivity contribution in [3.8, 4) is 16.9 Å². The minimum atomic E-state index is -3.96. The topological polar surface area (TPSA) is 99.0 Å². The van der Waals surface area contributed by atoms with E-state index in [0.29, 0.717) is 23.8 Å². The predicted molar refractivity (Wildman–Crippen MR) is 150 cm³/mol. The first kappa shape index (κ1) is 27.3. The minimum absolute atomic E-state index is 0.0201. The van der Waals surface area contributed by atoms with Crippen LogP contribution in [0.4, 0.5) is 5.95 Å². The predicted octanol–water partition coefficient (Wildman–Crippen LogP) is 5.69. The molecule has 4 rings (SSSR count). The normalized spacial score (nSPS) is 12.1. The monoisotopic (exact) mass is 533 g/mol. The van der Waals surface area contributed by atoms with Gasteiger partial charge in [0.25, 0.3) is 10.0 Å². The molecule has 4 aromatic rings. The van der Waals surface area contributed by atoms with Crippen molar-refractivity contribution in [3.05, 3.63) is 84.2 Å². The van der Waals surface area contributed by atoms with Crippen LogP contribution in [0.2, 0.25) is 0 Å². The van der Waals surface area contributed by atoms with E-state index in [1.165, 1.54) is 19.5 Å². The Morgan fingerprint density at radius 2 is 1.63 bits per heavy atom. The van der Waals surface area contributed by atoms with Gasteiger partial charge in [0.15, 0.2) is 5.75 Å². The van der Waals surface area contributed by atoms with Crippen molar-refractivity contribution in [2.75, 3.05) is 11.8 Å². The fourth-order valence-corrected chi connectivity index (χ4v) is 5.52. The minimum Gasteiger partial charge on any atom is -0.494 e. The molecule has 0 radical (unpaired) electrons. The Kier molecular flexibility index (Phi) is 7.87. The summed E-state index contributed by atoms with van der Waals surface area (Å²) in [5.41, 5.74) is 3.56. The summed E-state index contributed by atoms with van der Waals surface area (Å²) in [5.74, 6) is 1.87. The van der Waals surface area contributed by atoms with Gasteiger partial charge >= 0.3 is 0 Å². The molecule has 0 unspecified atom stereocenters. The quantitative estimate of drug-likeness (QED) is 0.297. The maximum absolute atomic E-state index is 13.5.